The molecule has 0 saturated heterocycles. The molecular weight excluding hydrogens is 460 g/mol. The second-order valence-corrected chi connectivity index (χ2v) is 8.69. The van der Waals surface area contributed by atoms with Gasteiger partial charge >= 0.3 is 6.18 Å². The highest BCUT2D eigenvalue weighted by Gasteiger charge is 2.35. The maximum absolute atomic E-state index is 13.3. The van der Waals surface area contributed by atoms with Gasteiger partial charge in [0.15, 0.2) is 5.69 Å². The summed E-state index contributed by atoms with van der Waals surface area (Å²) in [6.45, 7) is 2.06. The Labute approximate surface area is 194 Å². The summed E-state index contributed by atoms with van der Waals surface area (Å²) in [5.41, 5.74) is 0.612. The quantitative estimate of drug-likeness (QED) is 0.438. The molecule has 2 aromatic rings. The van der Waals surface area contributed by atoms with Gasteiger partial charge in [-0.25, -0.2) is 4.68 Å². The number of alkyl halides is 3. The Hall–Kier alpha value is -2.44. The SMILES string of the molecule is CC1C=C(C2C=CC(OCc3cc(C(F)(F)F)nn3-c3c(Cl)cccc3Cl)=CC2)C=CC1. The molecule has 1 aromatic carbocycles. The molecule has 0 saturated carbocycles. The van der Waals surface area contributed by atoms with Crippen molar-refractivity contribution in [1.82, 2.24) is 9.78 Å². The Morgan fingerprint density at radius 3 is 2.53 bits per heavy atom. The van der Waals surface area contributed by atoms with Crippen molar-refractivity contribution in [2.45, 2.75) is 32.5 Å². The highest BCUT2D eigenvalue weighted by molar-refractivity contribution is 6.37. The van der Waals surface area contributed by atoms with E-state index in [1.54, 1.807) is 18.2 Å². The zero-order chi connectivity index (χ0) is 22.9. The van der Waals surface area contributed by atoms with Crippen molar-refractivity contribution >= 4 is 23.2 Å². The molecule has 2 aliphatic rings. The molecule has 8 heteroatoms. The lowest BCUT2D eigenvalue weighted by Gasteiger charge is -2.21. The molecule has 0 N–H and O–H groups in total. The summed E-state index contributed by atoms with van der Waals surface area (Å²) in [5.74, 6) is 1.39. The Balaban J connectivity index is 1.53. The van der Waals surface area contributed by atoms with Gasteiger partial charge in [0.2, 0.25) is 0 Å². The molecule has 0 radical (unpaired) electrons. The second-order valence-electron chi connectivity index (χ2n) is 7.88. The van der Waals surface area contributed by atoms with Crippen LogP contribution in [0.4, 0.5) is 13.2 Å². The van der Waals surface area contributed by atoms with Crippen LogP contribution in [0.1, 0.15) is 31.2 Å². The van der Waals surface area contributed by atoms with Crippen LogP contribution < -0.4 is 0 Å². The number of halogens is 5. The van der Waals surface area contributed by atoms with E-state index in [4.69, 9.17) is 27.9 Å². The van der Waals surface area contributed by atoms with Gasteiger partial charge in [-0.1, -0.05) is 60.5 Å². The number of ether oxygens (including phenoxy) is 1. The Morgan fingerprint density at radius 2 is 1.91 bits per heavy atom. The molecule has 0 amide bonds. The van der Waals surface area contributed by atoms with Crippen LogP contribution in [0.3, 0.4) is 0 Å². The summed E-state index contributed by atoms with van der Waals surface area (Å²) in [6, 6.07) is 5.66. The first-order valence-corrected chi connectivity index (χ1v) is 11.0. The van der Waals surface area contributed by atoms with E-state index in [1.807, 2.05) is 12.2 Å². The molecular formula is C24H21Cl2F3N2O. The molecule has 2 unspecified atom stereocenters. The Kier molecular flexibility index (Phi) is 6.54. The molecule has 32 heavy (non-hydrogen) atoms. The van der Waals surface area contributed by atoms with Crippen molar-refractivity contribution in [3.05, 3.63) is 93.5 Å². The molecule has 0 fully saturated rings. The molecule has 168 valence electrons. The van der Waals surface area contributed by atoms with Gasteiger partial charge in [0.25, 0.3) is 0 Å². The van der Waals surface area contributed by atoms with Crippen molar-refractivity contribution in [2.75, 3.05) is 0 Å². The van der Waals surface area contributed by atoms with Gasteiger partial charge in [0, 0.05) is 5.92 Å². The normalized spacial score (nSPS) is 20.8. The van der Waals surface area contributed by atoms with E-state index < -0.39 is 11.9 Å². The average Bonchev–Trinajstić information content (AvgIpc) is 3.17. The van der Waals surface area contributed by atoms with Crippen LogP contribution in [0.2, 0.25) is 10.0 Å². The molecule has 0 aliphatic heterocycles. The molecule has 1 heterocycles. The van der Waals surface area contributed by atoms with E-state index in [-0.39, 0.29) is 34.0 Å². The smallest absolute Gasteiger partial charge is 0.435 e. The number of hydrogen-bond acceptors (Lipinski definition) is 2. The van der Waals surface area contributed by atoms with Crippen LogP contribution in [0.25, 0.3) is 5.69 Å². The van der Waals surface area contributed by atoms with E-state index in [1.165, 1.54) is 5.57 Å². The molecule has 2 atom stereocenters. The van der Waals surface area contributed by atoms with Crippen LogP contribution in [-0.4, -0.2) is 9.78 Å². The fourth-order valence-corrected chi connectivity index (χ4v) is 4.33. The number of para-hydroxylation sites is 1. The molecule has 3 nitrogen and oxygen atoms in total. The van der Waals surface area contributed by atoms with Gasteiger partial charge in [-0.15, -0.1) is 0 Å². The number of aromatic nitrogens is 2. The second kappa shape index (κ2) is 9.20. The van der Waals surface area contributed by atoms with Crippen LogP contribution in [0.15, 0.2) is 72.1 Å². The largest absolute Gasteiger partial charge is 0.488 e. The molecule has 2 aliphatic carbocycles. The first-order chi connectivity index (χ1) is 15.2. The van der Waals surface area contributed by atoms with Crippen molar-refractivity contribution in [3.63, 3.8) is 0 Å². The number of nitrogens with zero attached hydrogens (tertiary/aromatic N) is 2. The van der Waals surface area contributed by atoms with Gasteiger partial charge < -0.3 is 4.74 Å². The number of allylic oxidation sites excluding steroid dienone is 7. The fourth-order valence-electron chi connectivity index (χ4n) is 3.78. The van der Waals surface area contributed by atoms with Crippen molar-refractivity contribution in [2.24, 2.45) is 11.8 Å². The zero-order valence-electron chi connectivity index (χ0n) is 17.2. The number of benzene rings is 1. The van der Waals surface area contributed by atoms with Crippen LogP contribution >= 0.6 is 23.2 Å². The monoisotopic (exact) mass is 480 g/mol. The maximum atomic E-state index is 13.3. The minimum atomic E-state index is -4.61. The summed E-state index contributed by atoms with van der Waals surface area (Å²) in [7, 11) is 0. The lowest BCUT2D eigenvalue weighted by atomic mass is 9.86. The van der Waals surface area contributed by atoms with E-state index in [2.05, 4.69) is 36.3 Å². The summed E-state index contributed by atoms with van der Waals surface area (Å²) in [4.78, 5) is 0. The predicted molar refractivity (Wildman–Crippen MR) is 120 cm³/mol. The lowest BCUT2D eigenvalue weighted by molar-refractivity contribution is -0.141. The van der Waals surface area contributed by atoms with Gasteiger partial charge in [0.1, 0.15) is 18.1 Å². The minimum absolute atomic E-state index is 0.120. The summed E-state index contributed by atoms with van der Waals surface area (Å²) in [5, 5.41) is 4.09. The third-order valence-electron chi connectivity index (χ3n) is 5.40. The fraction of sp³-hybridized carbons (Fsp3) is 0.292. The molecule has 1 aromatic heterocycles. The average molecular weight is 481 g/mol. The van der Waals surface area contributed by atoms with E-state index in [9.17, 15) is 13.2 Å². The predicted octanol–water partition coefficient (Wildman–Crippen LogP) is 7.70. The van der Waals surface area contributed by atoms with E-state index in [0.717, 1.165) is 23.6 Å². The maximum Gasteiger partial charge on any atom is 0.435 e. The third kappa shape index (κ3) is 4.97. The minimum Gasteiger partial charge on any atom is -0.488 e. The van der Waals surface area contributed by atoms with Gasteiger partial charge in [-0.2, -0.15) is 18.3 Å². The van der Waals surface area contributed by atoms with Crippen LogP contribution in [0, 0.1) is 11.8 Å². The molecule has 0 spiro atoms. The number of rotatable bonds is 5. The topological polar surface area (TPSA) is 27.1 Å². The number of hydrogen-bond donors (Lipinski definition) is 0. The van der Waals surface area contributed by atoms with Crippen LogP contribution in [0.5, 0.6) is 0 Å². The Bertz CT molecular complexity index is 1110. The van der Waals surface area contributed by atoms with Gasteiger partial charge in [-0.3, -0.25) is 0 Å². The first kappa shape index (κ1) is 22.7. The van der Waals surface area contributed by atoms with Gasteiger partial charge in [0.05, 0.1) is 15.7 Å². The zero-order valence-corrected chi connectivity index (χ0v) is 18.8. The molecule has 4 rings (SSSR count). The van der Waals surface area contributed by atoms with E-state index in [0.29, 0.717) is 11.7 Å². The highest BCUT2D eigenvalue weighted by Crippen LogP contribution is 2.34. The van der Waals surface area contributed by atoms with Crippen LogP contribution in [-0.2, 0) is 17.5 Å². The summed E-state index contributed by atoms with van der Waals surface area (Å²) in [6.07, 6.45) is 9.69. The van der Waals surface area contributed by atoms with E-state index >= 15 is 0 Å². The van der Waals surface area contributed by atoms with Crippen molar-refractivity contribution in [3.8, 4) is 5.69 Å². The molecule has 0 bridgehead atoms. The lowest BCUT2D eigenvalue weighted by Crippen LogP contribution is -2.09. The van der Waals surface area contributed by atoms with Crippen molar-refractivity contribution in [1.29, 1.82) is 0 Å². The summed E-state index contributed by atoms with van der Waals surface area (Å²) >= 11 is 12.4. The van der Waals surface area contributed by atoms with Gasteiger partial charge in [-0.05, 0) is 54.7 Å². The highest BCUT2D eigenvalue weighted by atomic mass is 35.5. The Morgan fingerprint density at radius 1 is 1.16 bits per heavy atom. The first-order valence-electron chi connectivity index (χ1n) is 10.2. The summed E-state index contributed by atoms with van der Waals surface area (Å²) < 4.78 is 46.9. The third-order valence-corrected chi connectivity index (χ3v) is 6.01. The van der Waals surface area contributed by atoms with Crippen molar-refractivity contribution < 1.29 is 17.9 Å². The standard InChI is InChI=1S/C24H21Cl2F3N2O/c1-15-4-2-5-17(12-15)16-8-10-19(11-9-16)32-14-18-13-22(24(27,28)29)30-31(18)23-20(25)6-3-7-21(23)26/h2-3,5-8,10-13,15-16H,4,9,14H2,1H3.